The van der Waals surface area contributed by atoms with Crippen LogP contribution in [0.1, 0.15) is 34.8 Å². The molecule has 2 heterocycles. The van der Waals surface area contributed by atoms with Crippen LogP contribution < -0.4 is 9.80 Å². The highest BCUT2D eigenvalue weighted by Crippen LogP contribution is 2.49. The summed E-state index contributed by atoms with van der Waals surface area (Å²) in [5, 5.41) is 23.5. The molecule has 0 fully saturated rings. The van der Waals surface area contributed by atoms with E-state index in [-0.39, 0.29) is 37.9 Å². The Morgan fingerprint density at radius 1 is 1.00 bits per heavy atom. The van der Waals surface area contributed by atoms with Gasteiger partial charge in [-0.1, -0.05) is 79.7 Å². The van der Waals surface area contributed by atoms with Gasteiger partial charge in [0.15, 0.2) is 5.60 Å². The van der Waals surface area contributed by atoms with E-state index in [1.165, 1.54) is 4.90 Å². The van der Waals surface area contributed by atoms with Crippen LogP contribution in [0.2, 0.25) is 0 Å². The Balaban J connectivity index is 1.29. The van der Waals surface area contributed by atoms with E-state index in [4.69, 9.17) is 0 Å². The van der Waals surface area contributed by atoms with Gasteiger partial charge in [-0.05, 0) is 41.3 Å². The molecule has 2 aliphatic rings. The highest BCUT2D eigenvalue weighted by atomic mass is 16.3. The van der Waals surface area contributed by atoms with E-state index in [1.54, 1.807) is 53.2 Å². The normalized spacial score (nSPS) is 17.8. The maximum absolute atomic E-state index is 13.8. The molecule has 0 saturated heterocycles. The molecule has 2 N–H and O–H groups in total. The van der Waals surface area contributed by atoms with Gasteiger partial charge in [-0.2, -0.15) is 0 Å². The number of rotatable bonds is 11. The first kappa shape index (κ1) is 30.0. The summed E-state index contributed by atoms with van der Waals surface area (Å²) in [6, 6.07) is 26.2. The highest BCUT2D eigenvalue weighted by Gasteiger charge is 2.52. The molecule has 8 nitrogen and oxygen atoms in total. The summed E-state index contributed by atoms with van der Waals surface area (Å²) in [5.41, 5.74) is 1.84. The molecule has 228 valence electrons. The SMILES string of the molecule is C=CCN1C(=O)[C@@](O)([C@@H](C)/C=C/CC(=O)N(CCO)Cc2ccccc2)c2cc(N3C(=O)c4cccc5cccc3c45)ccc21. The second-order valence-corrected chi connectivity index (χ2v) is 11.4. The van der Waals surface area contributed by atoms with Crippen molar-refractivity contribution in [2.24, 2.45) is 5.92 Å². The van der Waals surface area contributed by atoms with E-state index in [9.17, 15) is 24.6 Å². The third kappa shape index (κ3) is 5.12. The number of benzene rings is 4. The van der Waals surface area contributed by atoms with Crippen molar-refractivity contribution >= 4 is 45.6 Å². The van der Waals surface area contributed by atoms with E-state index in [0.717, 1.165) is 22.0 Å². The van der Waals surface area contributed by atoms with Crippen LogP contribution in [-0.4, -0.2) is 52.5 Å². The van der Waals surface area contributed by atoms with Crippen LogP contribution >= 0.6 is 0 Å². The minimum absolute atomic E-state index is 0.0370. The lowest BCUT2D eigenvalue weighted by Crippen LogP contribution is -2.44. The summed E-state index contributed by atoms with van der Waals surface area (Å²) in [7, 11) is 0. The quantitative estimate of drug-likeness (QED) is 0.223. The van der Waals surface area contributed by atoms with Gasteiger partial charge in [-0.25, -0.2) is 0 Å². The van der Waals surface area contributed by atoms with Crippen LogP contribution in [0.4, 0.5) is 17.1 Å². The van der Waals surface area contributed by atoms with Crippen LogP contribution in [0.25, 0.3) is 10.8 Å². The molecular formula is C37H35N3O5. The zero-order valence-corrected chi connectivity index (χ0v) is 25.1. The zero-order valence-electron chi connectivity index (χ0n) is 25.1. The average molecular weight is 602 g/mol. The molecule has 4 aromatic rings. The maximum Gasteiger partial charge on any atom is 0.264 e. The predicted octanol–water partition coefficient (Wildman–Crippen LogP) is 5.46. The lowest BCUT2D eigenvalue weighted by molar-refractivity contribution is -0.139. The first-order valence-electron chi connectivity index (χ1n) is 15.0. The molecule has 4 aromatic carbocycles. The number of anilines is 3. The molecule has 0 unspecified atom stereocenters. The first-order chi connectivity index (χ1) is 21.8. The topological polar surface area (TPSA) is 101 Å². The molecule has 0 spiro atoms. The molecule has 0 aliphatic carbocycles. The van der Waals surface area contributed by atoms with Crippen molar-refractivity contribution in [1.29, 1.82) is 0 Å². The fourth-order valence-electron chi connectivity index (χ4n) is 6.41. The molecule has 45 heavy (non-hydrogen) atoms. The van der Waals surface area contributed by atoms with Crippen molar-refractivity contribution < 1.29 is 24.6 Å². The minimum atomic E-state index is -1.94. The Morgan fingerprint density at radius 3 is 2.49 bits per heavy atom. The predicted molar refractivity (Wildman–Crippen MR) is 175 cm³/mol. The van der Waals surface area contributed by atoms with Gasteiger partial charge < -0.3 is 20.0 Å². The Labute approximate surface area is 262 Å². The lowest BCUT2D eigenvalue weighted by atomic mass is 9.82. The van der Waals surface area contributed by atoms with Crippen molar-refractivity contribution in [3.8, 4) is 0 Å². The van der Waals surface area contributed by atoms with E-state index in [1.807, 2.05) is 66.7 Å². The van der Waals surface area contributed by atoms with E-state index >= 15 is 0 Å². The van der Waals surface area contributed by atoms with E-state index in [0.29, 0.717) is 29.0 Å². The Kier molecular flexibility index (Phi) is 8.10. The third-order valence-corrected chi connectivity index (χ3v) is 8.69. The number of aliphatic hydroxyl groups is 2. The third-order valence-electron chi connectivity index (χ3n) is 8.69. The number of fused-ring (bicyclic) bond motifs is 1. The summed E-state index contributed by atoms with van der Waals surface area (Å²) in [4.78, 5) is 45.3. The van der Waals surface area contributed by atoms with Crippen molar-refractivity contribution in [3.05, 3.63) is 126 Å². The van der Waals surface area contributed by atoms with E-state index < -0.39 is 17.4 Å². The van der Waals surface area contributed by atoms with Gasteiger partial charge in [0.2, 0.25) is 5.91 Å². The van der Waals surface area contributed by atoms with E-state index in [2.05, 4.69) is 6.58 Å². The lowest BCUT2D eigenvalue weighted by Gasteiger charge is -2.28. The summed E-state index contributed by atoms with van der Waals surface area (Å²) in [5.74, 6) is -1.57. The largest absolute Gasteiger partial charge is 0.395 e. The molecule has 0 radical (unpaired) electrons. The fourth-order valence-corrected chi connectivity index (χ4v) is 6.41. The van der Waals surface area contributed by atoms with Gasteiger partial charge >= 0.3 is 0 Å². The van der Waals surface area contributed by atoms with Gasteiger partial charge in [0, 0.05) is 48.6 Å². The van der Waals surface area contributed by atoms with Crippen LogP contribution in [0, 0.1) is 5.92 Å². The Hall–Kier alpha value is -5.05. The Bertz CT molecular complexity index is 1830. The van der Waals surface area contributed by atoms with Gasteiger partial charge in [0.25, 0.3) is 11.8 Å². The molecular weight excluding hydrogens is 566 g/mol. The molecule has 3 amide bonds. The van der Waals surface area contributed by atoms with Crippen LogP contribution in [0.3, 0.4) is 0 Å². The first-order valence-corrected chi connectivity index (χ1v) is 15.0. The van der Waals surface area contributed by atoms with Gasteiger partial charge in [0.05, 0.1) is 23.5 Å². The second kappa shape index (κ2) is 12.1. The number of nitrogens with zero attached hydrogens (tertiary/aromatic N) is 3. The van der Waals surface area contributed by atoms with Crippen LogP contribution in [0.5, 0.6) is 0 Å². The maximum atomic E-state index is 13.8. The number of carbonyl (C=O) groups excluding carboxylic acids is 3. The van der Waals surface area contributed by atoms with Crippen molar-refractivity contribution in [2.75, 3.05) is 29.5 Å². The standard InChI is InChI=1S/C37H35N3O5/c1-3-20-39-31-19-18-28(40-32-16-9-14-27-13-8-15-29(34(27)32)35(40)43)23-30(31)37(45,36(39)44)25(2)10-7-17-33(42)38(21-22-41)24-26-11-5-4-6-12-26/h3-16,18-19,23,25,41,45H,1,17,20-22,24H2,2H3/b10-7+/t25-,37+/m0/s1. The molecule has 8 heteroatoms. The zero-order chi connectivity index (χ0) is 31.7. The van der Waals surface area contributed by atoms with Gasteiger partial charge in [0.1, 0.15) is 0 Å². The summed E-state index contributed by atoms with van der Waals surface area (Å²) in [6.45, 7) is 6.12. The van der Waals surface area contributed by atoms with Crippen molar-refractivity contribution in [2.45, 2.75) is 25.5 Å². The van der Waals surface area contributed by atoms with Gasteiger partial charge in [-0.3, -0.25) is 19.3 Å². The molecule has 0 saturated carbocycles. The van der Waals surface area contributed by atoms with Gasteiger partial charge in [-0.15, -0.1) is 6.58 Å². The molecule has 0 aromatic heterocycles. The number of amides is 3. The Morgan fingerprint density at radius 2 is 1.76 bits per heavy atom. The summed E-state index contributed by atoms with van der Waals surface area (Å²) < 4.78 is 0. The molecule has 2 atom stereocenters. The summed E-state index contributed by atoms with van der Waals surface area (Å²) in [6.07, 6.45) is 4.98. The second-order valence-electron chi connectivity index (χ2n) is 11.4. The number of hydrogen-bond donors (Lipinski definition) is 2. The average Bonchev–Trinajstić information content (AvgIpc) is 3.46. The number of hydrogen-bond acceptors (Lipinski definition) is 5. The highest BCUT2D eigenvalue weighted by molar-refractivity contribution is 6.28. The van der Waals surface area contributed by atoms with Crippen molar-refractivity contribution in [3.63, 3.8) is 0 Å². The monoisotopic (exact) mass is 601 g/mol. The van der Waals surface area contributed by atoms with Crippen LogP contribution in [-0.2, 0) is 21.7 Å². The number of aliphatic hydroxyl groups excluding tert-OH is 1. The number of carbonyl (C=O) groups is 3. The molecule has 0 bridgehead atoms. The molecule has 6 rings (SSSR count). The van der Waals surface area contributed by atoms with Crippen molar-refractivity contribution in [1.82, 2.24) is 4.90 Å². The fraction of sp³-hybridized carbons (Fsp3) is 0.216. The summed E-state index contributed by atoms with van der Waals surface area (Å²) >= 11 is 0. The molecule has 2 aliphatic heterocycles. The smallest absolute Gasteiger partial charge is 0.264 e. The van der Waals surface area contributed by atoms with Crippen LogP contribution in [0.15, 0.2) is 110 Å². The minimum Gasteiger partial charge on any atom is -0.395 e.